The molecule has 3 heteroatoms. The number of para-hydroxylation sites is 1. The van der Waals surface area contributed by atoms with Crippen molar-refractivity contribution < 1.29 is 4.74 Å². The highest BCUT2D eigenvalue weighted by Crippen LogP contribution is 2.34. The van der Waals surface area contributed by atoms with Gasteiger partial charge >= 0.3 is 0 Å². The van der Waals surface area contributed by atoms with Gasteiger partial charge in [0, 0.05) is 11.6 Å². The average molecular weight is 236 g/mol. The molecule has 0 unspecified atom stereocenters. The highest BCUT2D eigenvalue weighted by atomic mass is 16.5. The Balaban J connectivity index is 2.38. The Morgan fingerprint density at radius 1 is 0.944 bits per heavy atom. The van der Waals surface area contributed by atoms with E-state index in [9.17, 15) is 0 Å². The topological polar surface area (TPSA) is 35.0 Å². The van der Waals surface area contributed by atoms with E-state index in [1.54, 1.807) is 19.5 Å². The van der Waals surface area contributed by atoms with Gasteiger partial charge in [0.25, 0.3) is 0 Å². The molecule has 0 radical (unpaired) electrons. The van der Waals surface area contributed by atoms with Crippen LogP contribution in [0.2, 0.25) is 0 Å². The van der Waals surface area contributed by atoms with Crippen molar-refractivity contribution in [2.24, 2.45) is 0 Å². The van der Waals surface area contributed by atoms with Crippen molar-refractivity contribution >= 4 is 10.9 Å². The molecule has 0 fully saturated rings. The minimum absolute atomic E-state index is 0.743. The molecule has 3 rings (SSSR count). The van der Waals surface area contributed by atoms with Crippen LogP contribution in [0.15, 0.2) is 54.9 Å². The molecular weight excluding hydrogens is 224 g/mol. The van der Waals surface area contributed by atoms with Crippen LogP contribution in [0.5, 0.6) is 5.75 Å². The summed E-state index contributed by atoms with van der Waals surface area (Å²) in [6.45, 7) is 0. The van der Waals surface area contributed by atoms with Crippen molar-refractivity contribution in [2.75, 3.05) is 7.11 Å². The van der Waals surface area contributed by atoms with Crippen molar-refractivity contribution in [2.45, 2.75) is 0 Å². The normalized spacial score (nSPS) is 10.5. The number of rotatable bonds is 2. The molecule has 3 nitrogen and oxygen atoms in total. The van der Waals surface area contributed by atoms with E-state index in [1.807, 2.05) is 42.5 Å². The molecule has 0 aliphatic carbocycles. The number of aromatic nitrogens is 2. The summed E-state index contributed by atoms with van der Waals surface area (Å²) in [4.78, 5) is 8.79. The summed E-state index contributed by atoms with van der Waals surface area (Å²) < 4.78 is 5.41. The van der Waals surface area contributed by atoms with Gasteiger partial charge in [0.15, 0.2) is 0 Å². The molecule has 0 aliphatic rings. The van der Waals surface area contributed by atoms with Crippen molar-refractivity contribution in [1.29, 1.82) is 0 Å². The van der Waals surface area contributed by atoms with Gasteiger partial charge < -0.3 is 4.74 Å². The van der Waals surface area contributed by atoms with Gasteiger partial charge in [0.05, 0.1) is 30.1 Å². The second kappa shape index (κ2) is 4.45. The van der Waals surface area contributed by atoms with E-state index in [0.29, 0.717) is 0 Å². The summed E-state index contributed by atoms with van der Waals surface area (Å²) in [7, 11) is 1.65. The van der Waals surface area contributed by atoms with Crippen LogP contribution < -0.4 is 4.74 Å². The number of ether oxygens (including phenoxy) is 1. The van der Waals surface area contributed by atoms with Crippen LogP contribution in [-0.2, 0) is 0 Å². The lowest BCUT2D eigenvalue weighted by Crippen LogP contribution is -1.93. The number of hydrogen-bond acceptors (Lipinski definition) is 3. The maximum Gasteiger partial charge on any atom is 0.147 e. The average Bonchev–Trinajstić information content (AvgIpc) is 2.47. The van der Waals surface area contributed by atoms with E-state index in [2.05, 4.69) is 9.97 Å². The molecule has 88 valence electrons. The first-order valence-corrected chi connectivity index (χ1v) is 5.73. The molecule has 0 atom stereocenters. The van der Waals surface area contributed by atoms with Gasteiger partial charge in [-0.3, -0.25) is 9.97 Å². The van der Waals surface area contributed by atoms with Gasteiger partial charge in [-0.2, -0.15) is 0 Å². The number of nitrogens with zero attached hydrogens (tertiary/aromatic N) is 2. The summed E-state index contributed by atoms with van der Waals surface area (Å²) in [5, 5.41) is 1.05. The minimum atomic E-state index is 0.743. The number of benzene rings is 1. The molecule has 2 aromatic heterocycles. The Kier molecular flexibility index (Phi) is 2.65. The highest BCUT2D eigenvalue weighted by molar-refractivity contribution is 5.96. The maximum absolute atomic E-state index is 5.41. The molecule has 0 saturated heterocycles. The van der Waals surface area contributed by atoms with Gasteiger partial charge in [-0.05, 0) is 18.2 Å². The Morgan fingerprint density at radius 2 is 1.78 bits per heavy atom. The molecule has 0 amide bonds. The zero-order valence-electron chi connectivity index (χ0n) is 10.00. The third-order valence-corrected chi connectivity index (χ3v) is 2.88. The second-order valence-corrected chi connectivity index (χ2v) is 3.93. The van der Waals surface area contributed by atoms with Gasteiger partial charge in [0.2, 0.25) is 0 Å². The predicted octanol–water partition coefficient (Wildman–Crippen LogP) is 3.31. The Labute approximate surface area is 105 Å². The quantitative estimate of drug-likeness (QED) is 0.684. The monoisotopic (exact) mass is 236 g/mol. The summed E-state index contributed by atoms with van der Waals surface area (Å²) in [5.74, 6) is 0.743. The molecule has 3 aromatic rings. The van der Waals surface area contributed by atoms with Gasteiger partial charge in [-0.15, -0.1) is 0 Å². The van der Waals surface area contributed by atoms with Crippen LogP contribution in [0, 0.1) is 0 Å². The molecule has 0 aliphatic heterocycles. The fourth-order valence-electron chi connectivity index (χ4n) is 2.05. The molecule has 0 saturated carbocycles. The van der Waals surface area contributed by atoms with Crippen LogP contribution >= 0.6 is 0 Å². The molecule has 2 heterocycles. The molecule has 18 heavy (non-hydrogen) atoms. The number of methoxy groups -OCH3 is 1. The van der Waals surface area contributed by atoms with Crippen molar-refractivity contribution in [3.63, 3.8) is 0 Å². The van der Waals surface area contributed by atoms with Crippen molar-refractivity contribution in [1.82, 2.24) is 9.97 Å². The largest absolute Gasteiger partial charge is 0.494 e. The molecule has 0 N–H and O–H groups in total. The van der Waals surface area contributed by atoms with E-state index in [0.717, 1.165) is 27.9 Å². The first kappa shape index (κ1) is 10.7. The second-order valence-electron chi connectivity index (χ2n) is 3.93. The van der Waals surface area contributed by atoms with Crippen molar-refractivity contribution in [3.05, 3.63) is 54.9 Å². The lowest BCUT2D eigenvalue weighted by molar-refractivity contribution is 0.415. The number of fused-ring (bicyclic) bond motifs is 1. The summed E-state index contributed by atoms with van der Waals surface area (Å²) >= 11 is 0. The minimum Gasteiger partial charge on any atom is -0.494 e. The van der Waals surface area contributed by atoms with E-state index < -0.39 is 0 Å². The SMILES string of the molecule is COc1cnc2ccccc2c1-c1ccccn1. The summed E-state index contributed by atoms with van der Waals surface area (Å²) in [5.41, 5.74) is 2.83. The Hall–Kier alpha value is -2.42. The van der Waals surface area contributed by atoms with Crippen LogP contribution in [0.3, 0.4) is 0 Å². The fraction of sp³-hybridized carbons (Fsp3) is 0.0667. The molecule has 0 bridgehead atoms. The smallest absolute Gasteiger partial charge is 0.147 e. The maximum atomic E-state index is 5.41. The van der Waals surface area contributed by atoms with Gasteiger partial charge in [-0.1, -0.05) is 24.3 Å². The molecule has 1 aromatic carbocycles. The third kappa shape index (κ3) is 1.70. The zero-order valence-corrected chi connectivity index (χ0v) is 10.00. The third-order valence-electron chi connectivity index (χ3n) is 2.88. The first-order chi connectivity index (χ1) is 8.90. The summed E-state index contributed by atoms with van der Waals surface area (Å²) in [6, 6.07) is 13.8. The Morgan fingerprint density at radius 3 is 2.56 bits per heavy atom. The fourth-order valence-corrected chi connectivity index (χ4v) is 2.05. The molecule has 0 spiro atoms. The number of pyridine rings is 2. The molecular formula is C15H12N2O. The Bertz CT molecular complexity index is 680. The standard InChI is InChI=1S/C15H12N2O/c1-18-14-10-17-12-7-3-2-6-11(12)15(14)13-8-4-5-9-16-13/h2-10H,1H3. The van der Waals surface area contributed by atoms with E-state index in [1.165, 1.54) is 0 Å². The van der Waals surface area contributed by atoms with Crippen LogP contribution in [0.25, 0.3) is 22.2 Å². The van der Waals surface area contributed by atoms with Crippen LogP contribution in [-0.4, -0.2) is 17.1 Å². The van der Waals surface area contributed by atoms with Crippen LogP contribution in [0.4, 0.5) is 0 Å². The van der Waals surface area contributed by atoms with Gasteiger partial charge in [-0.25, -0.2) is 0 Å². The van der Waals surface area contributed by atoms with Gasteiger partial charge in [0.1, 0.15) is 5.75 Å². The first-order valence-electron chi connectivity index (χ1n) is 5.73. The van der Waals surface area contributed by atoms with E-state index in [4.69, 9.17) is 4.74 Å². The van der Waals surface area contributed by atoms with E-state index in [-0.39, 0.29) is 0 Å². The predicted molar refractivity (Wildman–Crippen MR) is 71.5 cm³/mol. The van der Waals surface area contributed by atoms with Crippen molar-refractivity contribution in [3.8, 4) is 17.0 Å². The lowest BCUT2D eigenvalue weighted by atomic mass is 10.0. The van der Waals surface area contributed by atoms with E-state index >= 15 is 0 Å². The lowest BCUT2D eigenvalue weighted by Gasteiger charge is -2.10. The highest BCUT2D eigenvalue weighted by Gasteiger charge is 2.11. The number of hydrogen-bond donors (Lipinski definition) is 0. The zero-order chi connectivity index (χ0) is 12.4. The van der Waals surface area contributed by atoms with Crippen LogP contribution in [0.1, 0.15) is 0 Å². The summed E-state index contributed by atoms with van der Waals surface area (Å²) in [6.07, 6.45) is 3.52.